The summed E-state index contributed by atoms with van der Waals surface area (Å²) < 4.78 is 10.5. The maximum Gasteiger partial charge on any atom is 0.338 e. The maximum atomic E-state index is 12.3. The van der Waals surface area contributed by atoms with E-state index < -0.39 is 0 Å². The number of carbonyl (C=O) groups excluding carboxylic acids is 2. The lowest BCUT2D eigenvalue weighted by Crippen LogP contribution is -2.32. The van der Waals surface area contributed by atoms with Crippen molar-refractivity contribution in [2.24, 2.45) is 0 Å². The summed E-state index contributed by atoms with van der Waals surface area (Å²) in [6.07, 6.45) is 3.67. The second-order valence-electron chi connectivity index (χ2n) is 6.20. The molecule has 3 rings (SSSR count). The lowest BCUT2D eigenvalue weighted by molar-refractivity contribution is 0.0526. The van der Waals surface area contributed by atoms with E-state index in [0.717, 1.165) is 30.8 Å². The minimum Gasteiger partial charge on any atom is -0.462 e. The van der Waals surface area contributed by atoms with Crippen molar-refractivity contribution in [2.75, 3.05) is 25.1 Å². The molecule has 1 aliphatic rings. The summed E-state index contributed by atoms with van der Waals surface area (Å²) >= 11 is 0. The minimum absolute atomic E-state index is 0.0909. The number of rotatable bonds is 7. The van der Waals surface area contributed by atoms with Crippen LogP contribution in [0.5, 0.6) is 0 Å². The number of hydrogen-bond donors (Lipinski definition) is 2. The number of ether oxygens (including phenoxy) is 2. The zero-order chi connectivity index (χ0) is 19.1. The largest absolute Gasteiger partial charge is 0.462 e. The molecule has 7 nitrogen and oxygen atoms in total. The van der Waals surface area contributed by atoms with Crippen LogP contribution in [0.3, 0.4) is 0 Å². The minimum atomic E-state index is -0.349. The third-order valence-corrected chi connectivity index (χ3v) is 4.19. The van der Waals surface area contributed by atoms with Gasteiger partial charge in [0.25, 0.3) is 5.91 Å². The quantitative estimate of drug-likeness (QED) is 0.730. The van der Waals surface area contributed by atoms with E-state index in [9.17, 15) is 9.59 Å². The van der Waals surface area contributed by atoms with Crippen LogP contribution < -0.4 is 10.6 Å². The molecule has 7 heteroatoms. The van der Waals surface area contributed by atoms with Crippen molar-refractivity contribution in [2.45, 2.75) is 25.9 Å². The number of nitrogens with zero attached hydrogens (tertiary/aromatic N) is 1. The molecular formula is C20H23N3O4. The number of nitrogens with one attached hydrogen (secondary N) is 2. The van der Waals surface area contributed by atoms with Gasteiger partial charge in [0.1, 0.15) is 5.69 Å². The van der Waals surface area contributed by atoms with Crippen molar-refractivity contribution < 1.29 is 19.1 Å². The summed E-state index contributed by atoms with van der Waals surface area (Å²) in [5.74, 6) is -0.579. The Labute approximate surface area is 158 Å². The first-order valence-electron chi connectivity index (χ1n) is 9.06. The molecule has 1 aromatic carbocycles. The van der Waals surface area contributed by atoms with Gasteiger partial charge in [-0.05, 0) is 56.2 Å². The van der Waals surface area contributed by atoms with E-state index in [2.05, 4.69) is 15.6 Å². The predicted octanol–water partition coefficient (Wildman–Crippen LogP) is 2.91. The van der Waals surface area contributed by atoms with Gasteiger partial charge >= 0.3 is 5.97 Å². The van der Waals surface area contributed by atoms with E-state index in [-0.39, 0.29) is 18.0 Å². The maximum absolute atomic E-state index is 12.3. The highest BCUT2D eigenvalue weighted by Crippen LogP contribution is 2.18. The molecule has 0 bridgehead atoms. The van der Waals surface area contributed by atoms with Crippen LogP contribution in [-0.4, -0.2) is 42.7 Å². The van der Waals surface area contributed by atoms with Crippen LogP contribution in [0.25, 0.3) is 0 Å². The van der Waals surface area contributed by atoms with Crippen molar-refractivity contribution >= 4 is 23.3 Å². The van der Waals surface area contributed by atoms with Crippen LogP contribution in [-0.2, 0) is 9.47 Å². The summed E-state index contributed by atoms with van der Waals surface area (Å²) in [5, 5.41) is 6.06. The third kappa shape index (κ3) is 5.27. The van der Waals surface area contributed by atoms with E-state index in [1.54, 1.807) is 49.5 Å². The van der Waals surface area contributed by atoms with E-state index in [1.165, 1.54) is 0 Å². The number of carbonyl (C=O) groups is 2. The topological polar surface area (TPSA) is 89.5 Å². The molecule has 1 atom stereocenters. The average Bonchev–Trinajstić information content (AvgIpc) is 3.21. The molecule has 27 heavy (non-hydrogen) atoms. The number of anilines is 2. The molecule has 0 spiro atoms. The van der Waals surface area contributed by atoms with Crippen molar-refractivity contribution in [1.29, 1.82) is 0 Å². The molecule has 1 saturated heterocycles. The van der Waals surface area contributed by atoms with Crippen molar-refractivity contribution in [3.8, 4) is 0 Å². The first-order valence-corrected chi connectivity index (χ1v) is 9.06. The zero-order valence-corrected chi connectivity index (χ0v) is 15.2. The van der Waals surface area contributed by atoms with Crippen molar-refractivity contribution in [3.05, 3.63) is 53.9 Å². The first kappa shape index (κ1) is 18.8. The fraction of sp³-hybridized carbons (Fsp3) is 0.350. The number of pyridine rings is 1. The van der Waals surface area contributed by atoms with E-state index in [0.29, 0.717) is 24.4 Å². The number of esters is 1. The Morgan fingerprint density at radius 2 is 2.04 bits per heavy atom. The number of amides is 1. The Morgan fingerprint density at radius 1 is 1.22 bits per heavy atom. The summed E-state index contributed by atoms with van der Waals surface area (Å²) in [4.78, 5) is 28.1. The van der Waals surface area contributed by atoms with Crippen LogP contribution in [0, 0.1) is 0 Å². The monoisotopic (exact) mass is 369 g/mol. The van der Waals surface area contributed by atoms with Crippen LogP contribution in [0.15, 0.2) is 42.6 Å². The fourth-order valence-electron chi connectivity index (χ4n) is 2.81. The summed E-state index contributed by atoms with van der Waals surface area (Å²) in [6, 6.07) is 10.4. The van der Waals surface area contributed by atoms with Crippen molar-refractivity contribution in [3.63, 3.8) is 0 Å². The van der Waals surface area contributed by atoms with E-state index in [1.807, 2.05) is 0 Å². The van der Waals surface area contributed by atoms with Gasteiger partial charge in [0, 0.05) is 30.7 Å². The van der Waals surface area contributed by atoms with Crippen LogP contribution in [0.4, 0.5) is 11.4 Å². The zero-order valence-electron chi connectivity index (χ0n) is 15.2. The fourth-order valence-corrected chi connectivity index (χ4v) is 2.81. The predicted molar refractivity (Wildman–Crippen MR) is 101 cm³/mol. The SMILES string of the molecule is CCOC(=O)c1ccc(Nc2ccnc(C(=O)NCC3CCCO3)c2)cc1. The number of hydrogen-bond acceptors (Lipinski definition) is 6. The molecule has 2 N–H and O–H groups in total. The highest BCUT2D eigenvalue weighted by atomic mass is 16.5. The highest BCUT2D eigenvalue weighted by Gasteiger charge is 2.17. The normalized spacial score (nSPS) is 16.0. The second-order valence-corrected chi connectivity index (χ2v) is 6.20. The van der Waals surface area contributed by atoms with Gasteiger partial charge in [-0.2, -0.15) is 0 Å². The molecule has 1 aromatic heterocycles. The van der Waals surface area contributed by atoms with Crippen LogP contribution >= 0.6 is 0 Å². The molecule has 142 valence electrons. The van der Waals surface area contributed by atoms with Crippen LogP contribution in [0.2, 0.25) is 0 Å². The molecular weight excluding hydrogens is 346 g/mol. The van der Waals surface area contributed by atoms with Gasteiger partial charge in [-0.15, -0.1) is 0 Å². The highest BCUT2D eigenvalue weighted by molar-refractivity contribution is 5.93. The lowest BCUT2D eigenvalue weighted by Gasteiger charge is -2.11. The van der Waals surface area contributed by atoms with Gasteiger partial charge in [0.05, 0.1) is 18.3 Å². The Balaban J connectivity index is 1.59. The molecule has 0 saturated carbocycles. The number of benzene rings is 1. The van der Waals surface area contributed by atoms with Gasteiger partial charge in [0.2, 0.25) is 0 Å². The number of aromatic nitrogens is 1. The molecule has 2 heterocycles. The molecule has 1 aliphatic heterocycles. The van der Waals surface area contributed by atoms with Crippen LogP contribution in [0.1, 0.15) is 40.6 Å². The Hall–Kier alpha value is -2.93. The Morgan fingerprint density at radius 3 is 2.74 bits per heavy atom. The van der Waals surface area contributed by atoms with Gasteiger partial charge < -0.3 is 20.1 Å². The second kappa shape index (κ2) is 9.14. The average molecular weight is 369 g/mol. The standard InChI is InChI=1S/C20H23N3O4/c1-2-26-20(25)14-5-7-15(8-6-14)23-16-9-10-21-18(12-16)19(24)22-13-17-4-3-11-27-17/h5-10,12,17H,2-4,11,13H2,1H3,(H,21,23)(H,22,24). The Bertz CT molecular complexity index is 786. The molecule has 2 aromatic rings. The van der Waals surface area contributed by atoms with Gasteiger partial charge in [-0.1, -0.05) is 0 Å². The van der Waals surface area contributed by atoms with E-state index >= 15 is 0 Å². The molecule has 0 radical (unpaired) electrons. The van der Waals surface area contributed by atoms with Crippen molar-refractivity contribution in [1.82, 2.24) is 10.3 Å². The lowest BCUT2D eigenvalue weighted by atomic mass is 10.2. The first-order chi connectivity index (χ1) is 13.2. The molecule has 1 amide bonds. The third-order valence-electron chi connectivity index (χ3n) is 4.19. The Kier molecular flexibility index (Phi) is 6.38. The smallest absolute Gasteiger partial charge is 0.338 e. The molecule has 1 unspecified atom stereocenters. The summed E-state index contributed by atoms with van der Waals surface area (Å²) in [6.45, 7) is 3.36. The van der Waals surface area contributed by atoms with Gasteiger partial charge in [-0.3, -0.25) is 9.78 Å². The van der Waals surface area contributed by atoms with E-state index in [4.69, 9.17) is 9.47 Å². The summed E-state index contributed by atoms with van der Waals surface area (Å²) in [5.41, 5.74) is 2.35. The van der Waals surface area contributed by atoms with Gasteiger partial charge in [-0.25, -0.2) is 4.79 Å². The molecule has 0 aliphatic carbocycles. The molecule has 1 fully saturated rings. The van der Waals surface area contributed by atoms with Gasteiger partial charge in [0.15, 0.2) is 0 Å². The summed E-state index contributed by atoms with van der Waals surface area (Å²) in [7, 11) is 0.